The summed E-state index contributed by atoms with van der Waals surface area (Å²) in [5.74, 6) is -0.203. The van der Waals surface area contributed by atoms with E-state index in [9.17, 15) is 4.79 Å². The van der Waals surface area contributed by atoms with Gasteiger partial charge >= 0.3 is 0 Å². The minimum absolute atomic E-state index is 0.169. The summed E-state index contributed by atoms with van der Waals surface area (Å²) in [5, 5.41) is 1.21. The van der Waals surface area contributed by atoms with Gasteiger partial charge in [-0.2, -0.15) is 0 Å². The first-order valence-corrected chi connectivity index (χ1v) is 7.10. The Hall–Kier alpha value is -1.16. The number of aromatic amines is 1. The Balaban J connectivity index is 2.24. The lowest BCUT2D eigenvalue weighted by Gasteiger charge is -2.25. The van der Waals surface area contributed by atoms with Crippen molar-refractivity contribution in [1.82, 2.24) is 9.88 Å². The van der Waals surface area contributed by atoms with Crippen molar-refractivity contribution >= 4 is 40.7 Å². The molecular weight excluding hydrogens is 319 g/mol. The predicted molar refractivity (Wildman–Crippen MR) is 82.8 cm³/mol. The first-order valence-electron chi connectivity index (χ1n) is 5.97. The van der Waals surface area contributed by atoms with Gasteiger partial charge in [-0.05, 0) is 24.6 Å². The Kier molecular flexibility index (Phi) is 4.63. The molecule has 0 bridgehead atoms. The lowest BCUT2D eigenvalue weighted by molar-refractivity contribution is 0.0737. The van der Waals surface area contributed by atoms with Crippen LogP contribution in [0.5, 0.6) is 0 Å². The summed E-state index contributed by atoms with van der Waals surface area (Å²) >= 11 is 17.8. The Morgan fingerprint density at radius 1 is 1.20 bits per heavy atom. The van der Waals surface area contributed by atoms with Crippen LogP contribution in [0.1, 0.15) is 29.0 Å². The number of rotatable bonds is 3. The third kappa shape index (κ3) is 2.95. The van der Waals surface area contributed by atoms with Crippen molar-refractivity contribution in [2.45, 2.75) is 13.0 Å². The number of nitrogens with zero attached hydrogens (tertiary/aromatic N) is 1. The molecule has 20 heavy (non-hydrogen) atoms. The normalized spacial score (nSPS) is 12.2. The second kappa shape index (κ2) is 6.08. The molecule has 1 aromatic heterocycles. The van der Waals surface area contributed by atoms with Crippen LogP contribution in [0, 0.1) is 0 Å². The van der Waals surface area contributed by atoms with Crippen LogP contribution in [-0.4, -0.2) is 22.8 Å². The third-order valence-electron chi connectivity index (χ3n) is 3.21. The maximum Gasteiger partial charge on any atom is 0.270 e. The smallest absolute Gasteiger partial charge is 0.270 e. The highest BCUT2D eigenvalue weighted by Gasteiger charge is 2.22. The van der Waals surface area contributed by atoms with Crippen LogP contribution >= 0.6 is 34.8 Å². The fourth-order valence-corrected chi connectivity index (χ4v) is 2.51. The average Bonchev–Trinajstić information content (AvgIpc) is 2.77. The zero-order chi connectivity index (χ0) is 14.9. The van der Waals surface area contributed by atoms with E-state index in [1.807, 2.05) is 25.1 Å². The van der Waals surface area contributed by atoms with Crippen LogP contribution in [-0.2, 0) is 0 Å². The Morgan fingerprint density at radius 2 is 1.85 bits per heavy atom. The monoisotopic (exact) mass is 330 g/mol. The molecule has 0 aliphatic carbocycles. The van der Waals surface area contributed by atoms with E-state index in [4.69, 9.17) is 34.8 Å². The molecule has 6 heteroatoms. The van der Waals surface area contributed by atoms with Crippen LogP contribution in [0.4, 0.5) is 0 Å². The van der Waals surface area contributed by atoms with Crippen LogP contribution in [0.25, 0.3) is 0 Å². The molecular formula is C14H13Cl3N2O. The highest BCUT2D eigenvalue weighted by Crippen LogP contribution is 2.28. The molecule has 1 amide bonds. The number of amides is 1. The van der Waals surface area contributed by atoms with Crippen LogP contribution in [0.3, 0.4) is 0 Å². The molecule has 0 saturated heterocycles. The van der Waals surface area contributed by atoms with E-state index < -0.39 is 0 Å². The van der Waals surface area contributed by atoms with Crippen molar-refractivity contribution < 1.29 is 4.79 Å². The summed E-state index contributed by atoms with van der Waals surface area (Å²) < 4.78 is 0. The van der Waals surface area contributed by atoms with Gasteiger partial charge in [-0.25, -0.2) is 0 Å². The number of benzene rings is 1. The second-order valence-electron chi connectivity index (χ2n) is 4.46. The van der Waals surface area contributed by atoms with Gasteiger partial charge in [0.2, 0.25) is 0 Å². The molecule has 1 atom stereocenters. The molecule has 2 aromatic rings. The largest absolute Gasteiger partial charge is 0.340 e. The quantitative estimate of drug-likeness (QED) is 0.861. The molecule has 0 spiro atoms. The number of hydrogen-bond donors (Lipinski definition) is 1. The zero-order valence-corrected chi connectivity index (χ0v) is 13.2. The lowest BCUT2D eigenvalue weighted by Crippen LogP contribution is -2.30. The van der Waals surface area contributed by atoms with E-state index in [1.165, 1.54) is 6.07 Å². The molecule has 2 rings (SSSR count). The number of nitrogens with one attached hydrogen (secondary N) is 1. The topological polar surface area (TPSA) is 36.1 Å². The van der Waals surface area contributed by atoms with Gasteiger partial charge in [-0.1, -0.05) is 53.0 Å². The number of carbonyl (C=O) groups excluding carboxylic acids is 1. The summed E-state index contributed by atoms with van der Waals surface area (Å²) in [7, 11) is 1.71. The summed E-state index contributed by atoms with van der Waals surface area (Å²) in [4.78, 5) is 16.7. The molecule has 1 aromatic carbocycles. The number of carbonyl (C=O) groups is 1. The van der Waals surface area contributed by atoms with E-state index in [2.05, 4.69) is 4.98 Å². The fourth-order valence-electron chi connectivity index (χ4n) is 1.91. The maximum absolute atomic E-state index is 12.4. The van der Waals surface area contributed by atoms with Gasteiger partial charge in [0.05, 0.1) is 11.1 Å². The summed E-state index contributed by atoms with van der Waals surface area (Å²) in [6.45, 7) is 1.91. The van der Waals surface area contributed by atoms with Gasteiger partial charge in [0.15, 0.2) is 0 Å². The van der Waals surface area contributed by atoms with Gasteiger partial charge in [-0.3, -0.25) is 4.79 Å². The minimum Gasteiger partial charge on any atom is -0.340 e. The van der Waals surface area contributed by atoms with Gasteiger partial charge in [-0.15, -0.1) is 0 Å². The summed E-state index contributed by atoms with van der Waals surface area (Å²) in [6.07, 6.45) is 0. The van der Waals surface area contributed by atoms with E-state index in [-0.39, 0.29) is 17.1 Å². The molecule has 0 radical (unpaired) electrons. The van der Waals surface area contributed by atoms with E-state index >= 15 is 0 Å². The summed E-state index contributed by atoms with van der Waals surface area (Å²) in [6, 6.07) is 8.78. The predicted octanol–water partition coefficient (Wildman–Crippen LogP) is 4.81. The average molecular weight is 332 g/mol. The molecule has 0 saturated carbocycles. The number of aromatic nitrogens is 1. The SMILES string of the molecule is CC(c1ccccc1Cl)N(C)C(=O)c1cc(Cl)c(Cl)[nH]1. The van der Waals surface area contributed by atoms with Gasteiger partial charge in [0.1, 0.15) is 10.8 Å². The number of H-pyrrole nitrogens is 1. The van der Waals surface area contributed by atoms with Gasteiger partial charge in [0.25, 0.3) is 5.91 Å². The third-order valence-corrected chi connectivity index (χ3v) is 4.25. The molecule has 1 heterocycles. The molecule has 0 aliphatic heterocycles. The van der Waals surface area contributed by atoms with Crippen LogP contribution in [0.15, 0.2) is 30.3 Å². The Morgan fingerprint density at radius 3 is 2.40 bits per heavy atom. The van der Waals surface area contributed by atoms with E-state index in [0.717, 1.165) is 5.56 Å². The number of halogens is 3. The standard InChI is InChI=1S/C14H13Cl3N2O/c1-8(9-5-3-4-6-10(9)15)19(2)14(20)12-7-11(16)13(17)18-12/h3-8,18H,1-2H3. The van der Waals surface area contributed by atoms with Crippen LogP contribution in [0.2, 0.25) is 15.2 Å². The van der Waals surface area contributed by atoms with Crippen molar-refractivity contribution in [3.63, 3.8) is 0 Å². The van der Waals surface area contributed by atoms with E-state index in [1.54, 1.807) is 18.0 Å². The van der Waals surface area contributed by atoms with Crippen molar-refractivity contribution in [1.29, 1.82) is 0 Å². The highest BCUT2D eigenvalue weighted by atomic mass is 35.5. The van der Waals surface area contributed by atoms with E-state index in [0.29, 0.717) is 15.7 Å². The number of hydrogen-bond acceptors (Lipinski definition) is 1. The van der Waals surface area contributed by atoms with Crippen LogP contribution < -0.4 is 0 Å². The lowest BCUT2D eigenvalue weighted by atomic mass is 10.1. The maximum atomic E-state index is 12.4. The van der Waals surface area contributed by atoms with Gasteiger partial charge in [0, 0.05) is 12.1 Å². The van der Waals surface area contributed by atoms with Crippen molar-refractivity contribution in [2.24, 2.45) is 0 Å². The molecule has 3 nitrogen and oxygen atoms in total. The zero-order valence-electron chi connectivity index (χ0n) is 11.0. The second-order valence-corrected chi connectivity index (χ2v) is 5.65. The molecule has 0 fully saturated rings. The first kappa shape index (κ1) is 15.2. The van der Waals surface area contributed by atoms with Gasteiger partial charge < -0.3 is 9.88 Å². The Bertz CT molecular complexity index is 620. The van der Waals surface area contributed by atoms with Crippen molar-refractivity contribution in [3.8, 4) is 0 Å². The first-order chi connectivity index (χ1) is 9.41. The molecule has 0 aliphatic rings. The molecule has 1 N–H and O–H groups in total. The minimum atomic E-state index is -0.203. The fraction of sp³-hybridized carbons (Fsp3) is 0.214. The molecule has 1 unspecified atom stereocenters. The van der Waals surface area contributed by atoms with Crippen molar-refractivity contribution in [2.75, 3.05) is 7.05 Å². The summed E-state index contributed by atoms with van der Waals surface area (Å²) in [5.41, 5.74) is 1.23. The van der Waals surface area contributed by atoms with Crippen molar-refractivity contribution in [3.05, 3.63) is 56.8 Å². The highest BCUT2D eigenvalue weighted by molar-refractivity contribution is 6.41. The molecule has 106 valence electrons. The Labute approximate surface area is 132 Å².